The maximum atomic E-state index is 12.4. The lowest BCUT2D eigenvalue weighted by Crippen LogP contribution is -2.21. The minimum Gasteiger partial charge on any atom is -0.465 e. The topological polar surface area (TPSA) is 86.4 Å². The lowest BCUT2D eigenvalue weighted by atomic mass is 10.2. The summed E-state index contributed by atoms with van der Waals surface area (Å²) >= 11 is 0. The predicted molar refractivity (Wildman–Crippen MR) is 116 cm³/mol. The Hall–Kier alpha value is -4.39. The Morgan fingerprint density at radius 2 is 1.74 bits per heavy atom. The van der Waals surface area contributed by atoms with E-state index in [9.17, 15) is 9.59 Å². The lowest BCUT2D eigenvalue weighted by Gasteiger charge is -2.08. The number of amides is 1. The highest BCUT2D eigenvalue weighted by molar-refractivity contribution is 5.94. The average Bonchev–Trinajstić information content (AvgIpc) is 3.48. The first kappa shape index (κ1) is 19.9. The molecule has 31 heavy (non-hydrogen) atoms. The minimum absolute atomic E-state index is 0.429. The summed E-state index contributed by atoms with van der Waals surface area (Å²) in [4.78, 5) is 24.2. The first-order chi connectivity index (χ1) is 15.2. The van der Waals surface area contributed by atoms with Crippen molar-refractivity contribution in [3.05, 3.63) is 97.0 Å². The van der Waals surface area contributed by atoms with Gasteiger partial charge in [0, 0.05) is 17.7 Å². The van der Waals surface area contributed by atoms with Gasteiger partial charge in [-0.2, -0.15) is 5.10 Å². The number of carbonyl (C=O) groups excluding carboxylic acids is 2. The van der Waals surface area contributed by atoms with Crippen molar-refractivity contribution in [2.45, 2.75) is 0 Å². The molecule has 2 aromatic carbocycles. The molecule has 2 heterocycles. The van der Waals surface area contributed by atoms with E-state index in [1.165, 1.54) is 18.4 Å². The highest BCUT2D eigenvalue weighted by Crippen LogP contribution is 2.24. The lowest BCUT2D eigenvalue weighted by molar-refractivity contribution is -0.142. The minimum atomic E-state index is -0.645. The Labute approximate surface area is 178 Å². The second-order valence-corrected chi connectivity index (χ2v) is 6.53. The molecule has 2 aromatic heterocycles. The van der Waals surface area contributed by atoms with Crippen LogP contribution in [0.4, 0.5) is 5.82 Å². The second-order valence-electron chi connectivity index (χ2n) is 6.53. The van der Waals surface area contributed by atoms with Crippen LogP contribution in [0.25, 0.3) is 23.0 Å². The Bertz CT molecular complexity index is 1180. The molecule has 4 aromatic rings. The highest BCUT2D eigenvalue weighted by Gasteiger charge is 2.14. The van der Waals surface area contributed by atoms with Gasteiger partial charge in [-0.15, -0.1) is 0 Å². The van der Waals surface area contributed by atoms with Crippen molar-refractivity contribution < 1.29 is 18.7 Å². The van der Waals surface area contributed by atoms with Crippen molar-refractivity contribution in [2.75, 3.05) is 11.9 Å². The monoisotopic (exact) mass is 413 g/mol. The van der Waals surface area contributed by atoms with E-state index in [1.54, 1.807) is 22.9 Å². The number of esters is 1. The molecule has 0 radical (unpaired) electrons. The molecule has 0 aliphatic heterocycles. The van der Waals surface area contributed by atoms with Crippen LogP contribution in [0.2, 0.25) is 0 Å². The normalized spacial score (nSPS) is 10.8. The van der Waals surface area contributed by atoms with Crippen LogP contribution >= 0.6 is 0 Å². The van der Waals surface area contributed by atoms with Crippen LogP contribution in [0.1, 0.15) is 5.76 Å². The summed E-state index contributed by atoms with van der Waals surface area (Å²) in [7, 11) is 0. The molecule has 1 N–H and O–H groups in total. The first-order valence-corrected chi connectivity index (χ1v) is 9.58. The molecule has 0 saturated carbocycles. The van der Waals surface area contributed by atoms with E-state index < -0.39 is 18.5 Å². The van der Waals surface area contributed by atoms with Gasteiger partial charge in [0.15, 0.2) is 6.61 Å². The first-order valence-electron chi connectivity index (χ1n) is 9.58. The molecule has 4 rings (SSSR count). The molecule has 1 amide bonds. The standard InChI is InChI=1S/C24H19N3O4/c28-23(17-31-24(29)14-13-20-12-7-15-30-20)25-22-16-21(18-8-3-1-4-9-18)26-27(22)19-10-5-2-6-11-19/h1-16H,17H2,(H,25,28)/b14-13+. The number of anilines is 1. The van der Waals surface area contributed by atoms with Crippen LogP contribution in [-0.2, 0) is 14.3 Å². The van der Waals surface area contributed by atoms with Crippen molar-refractivity contribution in [2.24, 2.45) is 0 Å². The molecule has 0 saturated heterocycles. The fraction of sp³-hybridized carbons (Fsp3) is 0.0417. The third-order valence-corrected chi connectivity index (χ3v) is 4.32. The maximum absolute atomic E-state index is 12.4. The number of nitrogens with zero attached hydrogens (tertiary/aromatic N) is 2. The summed E-state index contributed by atoms with van der Waals surface area (Å²) in [5, 5.41) is 7.40. The summed E-state index contributed by atoms with van der Waals surface area (Å²) in [5.74, 6) is -0.136. The third-order valence-electron chi connectivity index (χ3n) is 4.32. The van der Waals surface area contributed by atoms with Gasteiger partial charge in [0.05, 0.1) is 17.6 Å². The molecule has 154 valence electrons. The number of carbonyl (C=O) groups is 2. The number of hydrogen-bond donors (Lipinski definition) is 1. The van der Waals surface area contributed by atoms with Crippen LogP contribution < -0.4 is 5.32 Å². The molecule has 7 heteroatoms. The molecular weight excluding hydrogens is 394 g/mol. The number of hydrogen-bond acceptors (Lipinski definition) is 5. The number of rotatable bonds is 7. The van der Waals surface area contributed by atoms with E-state index in [2.05, 4.69) is 10.4 Å². The molecule has 0 fully saturated rings. The molecule has 0 atom stereocenters. The number of para-hydroxylation sites is 1. The summed E-state index contributed by atoms with van der Waals surface area (Å²) in [6.07, 6.45) is 4.17. The molecular formula is C24H19N3O4. The van der Waals surface area contributed by atoms with Crippen LogP contribution in [0.15, 0.2) is 95.6 Å². The van der Waals surface area contributed by atoms with Gasteiger partial charge in [-0.3, -0.25) is 4.79 Å². The van der Waals surface area contributed by atoms with Gasteiger partial charge in [-0.25, -0.2) is 9.48 Å². The molecule has 0 unspecified atom stereocenters. The fourth-order valence-electron chi connectivity index (χ4n) is 2.89. The van der Waals surface area contributed by atoms with Crippen molar-refractivity contribution in [1.82, 2.24) is 9.78 Å². The fourth-order valence-corrected chi connectivity index (χ4v) is 2.89. The predicted octanol–water partition coefficient (Wildman–Crippen LogP) is 4.33. The van der Waals surface area contributed by atoms with E-state index in [0.29, 0.717) is 17.3 Å². The van der Waals surface area contributed by atoms with Gasteiger partial charge in [0.2, 0.25) is 0 Å². The zero-order valence-corrected chi connectivity index (χ0v) is 16.5. The molecule has 0 spiro atoms. The number of benzene rings is 2. The van der Waals surface area contributed by atoms with Crippen LogP contribution in [-0.4, -0.2) is 28.3 Å². The zero-order valence-electron chi connectivity index (χ0n) is 16.5. The quantitative estimate of drug-likeness (QED) is 0.360. The molecule has 7 nitrogen and oxygen atoms in total. The van der Waals surface area contributed by atoms with E-state index in [1.807, 2.05) is 60.7 Å². The SMILES string of the molecule is O=C(COC(=O)/C=C/c1ccco1)Nc1cc(-c2ccccc2)nn1-c1ccccc1. The summed E-state index contributed by atoms with van der Waals surface area (Å²) in [6, 6.07) is 24.3. The van der Waals surface area contributed by atoms with Gasteiger partial charge in [-0.1, -0.05) is 48.5 Å². The highest BCUT2D eigenvalue weighted by atomic mass is 16.5. The number of nitrogens with one attached hydrogen (secondary N) is 1. The van der Waals surface area contributed by atoms with Crippen molar-refractivity contribution in [3.63, 3.8) is 0 Å². The van der Waals surface area contributed by atoms with Gasteiger partial charge < -0.3 is 14.5 Å². The Morgan fingerprint density at radius 3 is 2.45 bits per heavy atom. The largest absolute Gasteiger partial charge is 0.465 e. The molecule has 0 bridgehead atoms. The summed E-state index contributed by atoms with van der Waals surface area (Å²) in [6.45, 7) is -0.429. The van der Waals surface area contributed by atoms with Crippen LogP contribution in [0, 0.1) is 0 Å². The summed E-state index contributed by atoms with van der Waals surface area (Å²) < 4.78 is 11.7. The Kier molecular flexibility index (Phi) is 6.04. The van der Waals surface area contributed by atoms with Gasteiger partial charge in [0.25, 0.3) is 5.91 Å². The Balaban J connectivity index is 1.47. The van der Waals surface area contributed by atoms with E-state index in [-0.39, 0.29) is 0 Å². The van der Waals surface area contributed by atoms with Crippen molar-refractivity contribution >= 4 is 23.8 Å². The van der Waals surface area contributed by atoms with Gasteiger partial charge in [0.1, 0.15) is 11.6 Å². The Morgan fingerprint density at radius 1 is 1.00 bits per heavy atom. The maximum Gasteiger partial charge on any atom is 0.331 e. The van der Waals surface area contributed by atoms with E-state index in [4.69, 9.17) is 9.15 Å². The number of ether oxygens (including phenoxy) is 1. The number of aromatic nitrogens is 2. The van der Waals surface area contributed by atoms with E-state index >= 15 is 0 Å². The molecule has 0 aliphatic carbocycles. The third kappa shape index (κ3) is 5.16. The second kappa shape index (κ2) is 9.41. The van der Waals surface area contributed by atoms with Gasteiger partial charge in [-0.05, 0) is 30.3 Å². The number of furan rings is 1. The average molecular weight is 413 g/mol. The smallest absolute Gasteiger partial charge is 0.331 e. The molecule has 0 aliphatic rings. The summed E-state index contributed by atoms with van der Waals surface area (Å²) in [5.41, 5.74) is 2.42. The van der Waals surface area contributed by atoms with Crippen molar-refractivity contribution in [1.29, 1.82) is 0 Å². The van der Waals surface area contributed by atoms with Crippen LogP contribution in [0.5, 0.6) is 0 Å². The van der Waals surface area contributed by atoms with Crippen LogP contribution in [0.3, 0.4) is 0 Å². The van der Waals surface area contributed by atoms with Gasteiger partial charge >= 0.3 is 5.97 Å². The van der Waals surface area contributed by atoms with E-state index in [0.717, 1.165) is 11.3 Å². The zero-order chi connectivity index (χ0) is 21.5. The van der Waals surface area contributed by atoms with Crippen molar-refractivity contribution in [3.8, 4) is 16.9 Å².